The van der Waals surface area contributed by atoms with E-state index in [2.05, 4.69) is 10.3 Å². The number of carbonyl (C=O) groups is 1. The lowest BCUT2D eigenvalue weighted by molar-refractivity contribution is -0.116. The van der Waals surface area contributed by atoms with Crippen LogP contribution in [-0.2, 0) is 11.3 Å². The molecule has 1 amide bonds. The average molecular weight is 382 g/mol. The van der Waals surface area contributed by atoms with Gasteiger partial charge in [0, 0.05) is 9.90 Å². The fourth-order valence-corrected chi connectivity index (χ4v) is 3.72. The Hall–Kier alpha value is -1.89. The molecular weight excluding hydrogens is 369 g/mol. The summed E-state index contributed by atoms with van der Waals surface area (Å²) in [5.74, 6) is 0.129. The van der Waals surface area contributed by atoms with Crippen molar-refractivity contribution in [2.45, 2.75) is 20.4 Å². The molecular formula is C16H13Cl2N3O2S. The molecule has 0 unspecified atom stereocenters. The number of nitrogens with zero attached hydrogens (tertiary/aromatic N) is 2. The number of hydrogen-bond acceptors (Lipinski definition) is 4. The van der Waals surface area contributed by atoms with Gasteiger partial charge in [0.15, 0.2) is 0 Å². The molecule has 1 N–H and O–H groups in total. The molecule has 3 aromatic rings. The van der Waals surface area contributed by atoms with E-state index in [1.54, 1.807) is 25.1 Å². The quantitative estimate of drug-likeness (QED) is 0.744. The van der Waals surface area contributed by atoms with Crippen molar-refractivity contribution in [1.29, 1.82) is 0 Å². The molecule has 0 fully saturated rings. The van der Waals surface area contributed by atoms with Crippen molar-refractivity contribution in [3.8, 4) is 0 Å². The van der Waals surface area contributed by atoms with Gasteiger partial charge in [0.25, 0.3) is 5.56 Å². The number of halogens is 2. The molecule has 0 aliphatic rings. The first-order valence-electron chi connectivity index (χ1n) is 7.07. The van der Waals surface area contributed by atoms with E-state index in [1.807, 2.05) is 6.92 Å². The van der Waals surface area contributed by atoms with Crippen LogP contribution >= 0.6 is 34.5 Å². The summed E-state index contributed by atoms with van der Waals surface area (Å²) in [5.41, 5.74) is 0.219. The van der Waals surface area contributed by atoms with Crippen molar-refractivity contribution >= 4 is 56.3 Å². The van der Waals surface area contributed by atoms with Crippen LogP contribution in [0.15, 0.2) is 29.1 Å². The Balaban J connectivity index is 1.89. The molecule has 0 radical (unpaired) electrons. The highest BCUT2D eigenvalue weighted by molar-refractivity contribution is 7.18. The summed E-state index contributed by atoms with van der Waals surface area (Å²) < 4.78 is 1.35. The number of nitrogens with one attached hydrogen (secondary N) is 1. The van der Waals surface area contributed by atoms with E-state index in [4.69, 9.17) is 23.2 Å². The third-order valence-corrected chi connectivity index (χ3v) is 4.96. The lowest BCUT2D eigenvalue weighted by Gasteiger charge is -2.11. The third-order valence-electron chi connectivity index (χ3n) is 3.47. The predicted octanol–water partition coefficient (Wildman–Crippen LogP) is 4.02. The van der Waals surface area contributed by atoms with Crippen molar-refractivity contribution in [3.05, 3.63) is 55.4 Å². The van der Waals surface area contributed by atoms with Gasteiger partial charge in [0.1, 0.15) is 17.2 Å². The first-order chi connectivity index (χ1) is 11.3. The van der Waals surface area contributed by atoms with Gasteiger partial charge in [-0.25, -0.2) is 4.98 Å². The summed E-state index contributed by atoms with van der Waals surface area (Å²) in [6.07, 6.45) is 0. The number of aryl methyl sites for hydroxylation is 2. The molecule has 0 spiro atoms. The average Bonchev–Trinajstić information content (AvgIpc) is 2.87. The number of benzene rings is 1. The maximum absolute atomic E-state index is 12.6. The highest BCUT2D eigenvalue weighted by atomic mass is 35.5. The van der Waals surface area contributed by atoms with Gasteiger partial charge >= 0.3 is 0 Å². The van der Waals surface area contributed by atoms with Crippen LogP contribution in [0.4, 0.5) is 5.69 Å². The molecule has 1 aromatic carbocycles. The van der Waals surface area contributed by atoms with Crippen molar-refractivity contribution in [2.75, 3.05) is 5.32 Å². The van der Waals surface area contributed by atoms with Crippen LogP contribution in [0.2, 0.25) is 10.0 Å². The molecule has 0 saturated heterocycles. The van der Waals surface area contributed by atoms with Gasteiger partial charge in [-0.3, -0.25) is 14.2 Å². The van der Waals surface area contributed by atoms with E-state index in [0.29, 0.717) is 31.8 Å². The van der Waals surface area contributed by atoms with Crippen LogP contribution in [0, 0.1) is 13.8 Å². The molecule has 3 rings (SSSR count). The van der Waals surface area contributed by atoms with Crippen LogP contribution in [-0.4, -0.2) is 15.5 Å². The van der Waals surface area contributed by atoms with Crippen LogP contribution < -0.4 is 10.9 Å². The molecule has 0 aliphatic heterocycles. The summed E-state index contributed by atoms with van der Waals surface area (Å²) >= 11 is 13.3. The van der Waals surface area contributed by atoms with Crippen molar-refractivity contribution in [1.82, 2.24) is 9.55 Å². The maximum atomic E-state index is 12.6. The van der Waals surface area contributed by atoms with Crippen molar-refractivity contribution < 1.29 is 4.79 Å². The lowest BCUT2D eigenvalue weighted by atomic mass is 10.3. The van der Waals surface area contributed by atoms with Crippen molar-refractivity contribution in [3.63, 3.8) is 0 Å². The molecule has 124 valence electrons. The molecule has 0 saturated carbocycles. The summed E-state index contributed by atoms with van der Waals surface area (Å²) in [6, 6.07) is 6.57. The highest BCUT2D eigenvalue weighted by Gasteiger charge is 2.14. The number of amides is 1. The molecule has 0 atom stereocenters. The number of hydrogen-bond donors (Lipinski definition) is 1. The van der Waals surface area contributed by atoms with Gasteiger partial charge in [-0.05, 0) is 38.1 Å². The van der Waals surface area contributed by atoms with Crippen LogP contribution in [0.1, 0.15) is 10.7 Å². The standard InChI is InChI=1S/C16H13Cl2N3O2S/c1-8-5-11-15(24-8)19-9(2)21(16(11)23)7-14(22)20-13-4-3-10(17)6-12(13)18/h3-6H,7H2,1-2H3,(H,20,22). The predicted molar refractivity (Wildman–Crippen MR) is 98.4 cm³/mol. The van der Waals surface area contributed by atoms with E-state index in [9.17, 15) is 9.59 Å². The second-order valence-electron chi connectivity index (χ2n) is 5.30. The third kappa shape index (κ3) is 3.31. The first-order valence-corrected chi connectivity index (χ1v) is 8.65. The molecule has 8 heteroatoms. The molecule has 24 heavy (non-hydrogen) atoms. The van der Waals surface area contributed by atoms with Crippen LogP contribution in [0.3, 0.4) is 0 Å². The van der Waals surface area contributed by atoms with Gasteiger partial charge in [-0.1, -0.05) is 23.2 Å². The zero-order valence-corrected chi connectivity index (χ0v) is 15.2. The van der Waals surface area contributed by atoms with E-state index < -0.39 is 0 Å². The zero-order chi connectivity index (χ0) is 17.4. The molecule has 2 heterocycles. The second-order valence-corrected chi connectivity index (χ2v) is 7.38. The van der Waals surface area contributed by atoms with Crippen LogP contribution in [0.5, 0.6) is 0 Å². The van der Waals surface area contributed by atoms with E-state index in [-0.39, 0.29) is 18.0 Å². The molecule has 0 bridgehead atoms. The minimum absolute atomic E-state index is 0.137. The number of thiophene rings is 1. The molecule has 0 aliphatic carbocycles. The monoisotopic (exact) mass is 381 g/mol. The summed E-state index contributed by atoms with van der Waals surface area (Å²) in [7, 11) is 0. The first kappa shape index (κ1) is 17.0. The number of aromatic nitrogens is 2. The Kier molecular flexibility index (Phi) is 4.62. The minimum atomic E-state index is -0.363. The van der Waals surface area contributed by atoms with Gasteiger partial charge in [0.2, 0.25) is 5.91 Å². The summed E-state index contributed by atoms with van der Waals surface area (Å²) in [5, 5.41) is 4.02. The van der Waals surface area contributed by atoms with Gasteiger partial charge < -0.3 is 5.32 Å². The van der Waals surface area contributed by atoms with Gasteiger partial charge in [0.05, 0.1) is 16.1 Å². The fourth-order valence-electron chi connectivity index (χ4n) is 2.35. The Morgan fingerprint density at radius 1 is 1.29 bits per heavy atom. The number of fused-ring (bicyclic) bond motifs is 1. The Labute approximate surface area is 151 Å². The molecule has 2 aromatic heterocycles. The van der Waals surface area contributed by atoms with Crippen LogP contribution in [0.25, 0.3) is 10.2 Å². The molecule has 5 nitrogen and oxygen atoms in total. The summed E-state index contributed by atoms with van der Waals surface area (Å²) in [6.45, 7) is 3.49. The minimum Gasteiger partial charge on any atom is -0.323 e. The number of carbonyl (C=O) groups excluding carboxylic acids is 1. The Morgan fingerprint density at radius 3 is 2.75 bits per heavy atom. The van der Waals surface area contributed by atoms with E-state index in [1.165, 1.54) is 22.0 Å². The van der Waals surface area contributed by atoms with E-state index in [0.717, 1.165) is 4.88 Å². The largest absolute Gasteiger partial charge is 0.323 e. The normalized spacial score (nSPS) is 11.0. The topological polar surface area (TPSA) is 64.0 Å². The maximum Gasteiger partial charge on any atom is 0.262 e. The highest BCUT2D eigenvalue weighted by Crippen LogP contribution is 2.25. The number of anilines is 1. The summed E-state index contributed by atoms with van der Waals surface area (Å²) in [4.78, 5) is 30.9. The number of rotatable bonds is 3. The SMILES string of the molecule is Cc1cc2c(=O)n(CC(=O)Nc3ccc(Cl)cc3Cl)c(C)nc2s1. The van der Waals surface area contributed by atoms with E-state index >= 15 is 0 Å². The Bertz CT molecular complexity index is 1010. The lowest BCUT2D eigenvalue weighted by Crippen LogP contribution is -2.29. The fraction of sp³-hybridized carbons (Fsp3) is 0.188. The van der Waals surface area contributed by atoms with Gasteiger partial charge in [-0.2, -0.15) is 0 Å². The second kappa shape index (κ2) is 6.55. The zero-order valence-electron chi connectivity index (χ0n) is 12.9. The Morgan fingerprint density at radius 2 is 2.04 bits per heavy atom. The smallest absolute Gasteiger partial charge is 0.262 e. The van der Waals surface area contributed by atoms with Crippen molar-refractivity contribution in [2.24, 2.45) is 0 Å². The van der Waals surface area contributed by atoms with Gasteiger partial charge in [-0.15, -0.1) is 11.3 Å².